The van der Waals surface area contributed by atoms with Crippen LogP contribution in [0, 0.1) is 6.92 Å². The third kappa shape index (κ3) is 2.75. The van der Waals surface area contributed by atoms with E-state index in [1.807, 2.05) is 38.4 Å². The lowest BCUT2D eigenvalue weighted by Gasteiger charge is -2.25. The lowest BCUT2D eigenvalue weighted by molar-refractivity contribution is 0.544. The van der Waals surface area contributed by atoms with Crippen molar-refractivity contribution in [3.63, 3.8) is 0 Å². The first kappa shape index (κ1) is 13.5. The van der Waals surface area contributed by atoms with E-state index in [9.17, 15) is 0 Å². The number of pyridine rings is 1. The second-order valence-electron chi connectivity index (χ2n) is 5.47. The Labute approximate surface area is 114 Å². The van der Waals surface area contributed by atoms with Crippen LogP contribution in [0.2, 0.25) is 0 Å². The fraction of sp³-hybridized carbons (Fsp3) is 0.375. The summed E-state index contributed by atoms with van der Waals surface area (Å²) >= 11 is 0. The monoisotopic (exact) mass is 256 g/mol. The van der Waals surface area contributed by atoms with Gasteiger partial charge in [0.1, 0.15) is 5.76 Å². The molecule has 100 valence electrons. The number of nitrogens with zero attached hydrogens (tertiary/aromatic N) is 2. The zero-order chi connectivity index (χ0) is 14.0. The van der Waals surface area contributed by atoms with Crippen LogP contribution in [-0.4, -0.2) is 10.7 Å². The Hall–Kier alpha value is -1.90. The standard InChI is InChI=1S/C16H20N2O/c1-11(2)18-16(4,5)15-12(3)9-17-10-13(15)14-7-6-8-19-14/h6-10H,1-5H3. The highest BCUT2D eigenvalue weighted by atomic mass is 16.3. The van der Waals surface area contributed by atoms with Crippen LogP contribution in [0.5, 0.6) is 0 Å². The van der Waals surface area contributed by atoms with Crippen molar-refractivity contribution >= 4 is 5.71 Å². The molecule has 3 nitrogen and oxygen atoms in total. The fourth-order valence-electron chi connectivity index (χ4n) is 2.61. The van der Waals surface area contributed by atoms with Crippen molar-refractivity contribution < 1.29 is 4.42 Å². The average Bonchev–Trinajstić information content (AvgIpc) is 2.79. The average molecular weight is 256 g/mol. The van der Waals surface area contributed by atoms with E-state index in [4.69, 9.17) is 9.41 Å². The quantitative estimate of drug-likeness (QED) is 0.765. The number of aromatic nitrogens is 1. The minimum Gasteiger partial charge on any atom is -0.464 e. The van der Waals surface area contributed by atoms with Gasteiger partial charge in [-0.25, -0.2) is 0 Å². The molecule has 0 amide bonds. The minimum absolute atomic E-state index is 0.298. The molecule has 0 fully saturated rings. The van der Waals surface area contributed by atoms with E-state index in [2.05, 4.69) is 25.8 Å². The summed E-state index contributed by atoms with van der Waals surface area (Å²) in [5.41, 5.74) is 4.07. The van der Waals surface area contributed by atoms with Gasteiger partial charge in [0.05, 0.1) is 11.8 Å². The van der Waals surface area contributed by atoms with Gasteiger partial charge in [0.15, 0.2) is 0 Å². The Bertz CT molecular complexity index is 591. The molecular formula is C16H20N2O. The molecule has 3 heteroatoms. The minimum atomic E-state index is -0.298. The predicted molar refractivity (Wildman–Crippen MR) is 78.5 cm³/mol. The summed E-state index contributed by atoms with van der Waals surface area (Å²) in [5, 5.41) is 0. The van der Waals surface area contributed by atoms with Gasteiger partial charge >= 0.3 is 0 Å². The van der Waals surface area contributed by atoms with E-state index in [0.29, 0.717) is 0 Å². The molecule has 19 heavy (non-hydrogen) atoms. The summed E-state index contributed by atoms with van der Waals surface area (Å²) in [6.07, 6.45) is 5.41. The van der Waals surface area contributed by atoms with E-state index < -0.39 is 0 Å². The van der Waals surface area contributed by atoms with Gasteiger partial charge in [-0.2, -0.15) is 0 Å². The number of aliphatic imine (C=N–C) groups is 1. The maximum atomic E-state index is 5.53. The molecule has 2 aromatic heterocycles. The number of hydrogen-bond donors (Lipinski definition) is 0. The summed E-state index contributed by atoms with van der Waals surface area (Å²) < 4.78 is 5.53. The predicted octanol–water partition coefficient (Wildman–Crippen LogP) is 4.37. The van der Waals surface area contributed by atoms with Crippen LogP contribution in [-0.2, 0) is 5.54 Å². The molecular weight excluding hydrogens is 236 g/mol. The van der Waals surface area contributed by atoms with Crippen LogP contribution in [0.3, 0.4) is 0 Å². The first-order valence-corrected chi connectivity index (χ1v) is 6.44. The molecule has 0 N–H and O–H groups in total. The number of hydrogen-bond acceptors (Lipinski definition) is 3. The van der Waals surface area contributed by atoms with Crippen LogP contribution in [0.4, 0.5) is 0 Å². The second-order valence-corrected chi connectivity index (χ2v) is 5.47. The van der Waals surface area contributed by atoms with E-state index in [0.717, 1.165) is 22.6 Å². The van der Waals surface area contributed by atoms with Crippen LogP contribution >= 0.6 is 0 Å². The van der Waals surface area contributed by atoms with Gasteiger partial charge in [-0.3, -0.25) is 9.98 Å². The first-order valence-electron chi connectivity index (χ1n) is 6.44. The molecule has 0 saturated carbocycles. The molecule has 0 spiro atoms. The van der Waals surface area contributed by atoms with Crippen molar-refractivity contribution in [3.8, 4) is 11.3 Å². The molecule has 0 radical (unpaired) electrons. The topological polar surface area (TPSA) is 38.4 Å². The zero-order valence-electron chi connectivity index (χ0n) is 12.2. The Morgan fingerprint density at radius 2 is 2.00 bits per heavy atom. The van der Waals surface area contributed by atoms with Gasteiger partial charge in [0.25, 0.3) is 0 Å². The third-order valence-electron chi connectivity index (χ3n) is 3.04. The van der Waals surface area contributed by atoms with Crippen molar-refractivity contribution in [2.75, 3.05) is 0 Å². The molecule has 2 heterocycles. The summed E-state index contributed by atoms with van der Waals surface area (Å²) in [4.78, 5) is 9.04. The summed E-state index contributed by atoms with van der Waals surface area (Å²) in [6, 6.07) is 3.85. The normalized spacial score (nSPS) is 11.4. The summed E-state index contributed by atoms with van der Waals surface area (Å²) in [6.45, 7) is 10.3. The third-order valence-corrected chi connectivity index (χ3v) is 3.04. The molecule has 0 unspecified atom stereocenters. The van der Waals surface area contributed by atoms with Crippen molar-refractivity contribution in [1.82, 2.24) is 4.98 Å². The molecule has 2 rings (SSSR count). The van der Waals surface area contributed by atoms with Gasteiger partial charge in [-0.05, 0) is 57.9 Å². The second kappa shape index (κ2) is 5.00. The Morgan fingerprint density at radius 3 is 2.58 bits per heavy atom. The largest absolute Gasteiger partial charge is 0.464 e. The van der Waals surface area contributed by atoms with E-state index in [1.54, 1.807) is 6.26 Å². The smallest absolute Gasteiger partial charge is 0.135 e. The van der Waals surface area contributed by atoms with Crippen LogP contribution in [0.25, 0.3) is 11.3 Å². The molecule has 0 bridgehead atoms. The van der Waals surface area contributed by atoms with Gasteiger partial charge in [0, 0.05) is 23.7 Å². The lowest BCUT2D eigenvalue weighted by atomic mass is 9.87. The highest BCUT2D eigenvalue weighted by Crippen LogP contribution is 2.36. The maximum absolute atomic E-state index is 5.53. The van der Waals surface area contributed by atoms with Crippen molar-refractivity contribution in [2.45, 2.75) is 40.2 Å². The van der Waals surface area contributed by atoms with Gasteiger partial charge in [-0.15, -0.1) is 0 Å². The van der Waals surface area contributed by atoms with Crippen molar-refractivity contribution in [2.24, 2.45) is 4.99 Å². The van der Waals surface area contributed by atoms with Crippen LogP contribution in [0.1, 0.15) is 38.8 Å². The number of rotatable bonds is 3. The molecule has 0 aromatic carbocycles. The number of aryl methyl sites for hydroxylation is 1. The molecule has 0 aliphatic carbocycles. The number of furan rings is 1. The summed E-state index contributed by atoms with van der Waals surface area (Å²) in [7, 11) is 0. The molecule has 0 aliphatic rings. The zero-order valence-corrected chi connectivity index (χ0v) is 12.2. The fourth-order valence-corrected chi connectivity index (χ4v) is 2.61. The van der Waals surface area contributed by atoms with Gasteiger partial charge < -0.3 is 4.42 Å². The van der Waals surface area contributed by atoms with Gasteiger partial charge in [-0.1, -0.05) is 0 Å². The molecule has 0 aliphatic heterocycles. The summed E-state index contributed by atoms with van der Waals surface area (Å²) in [5.74, 6) is 0.836. The van der Waals surface area contributed by atoms with E-state index in [-0.39, 0.29) is 5.54 Å². The molecule has 0 saturated heterocycles. The van der Waals surface area contributed by atoms with Crippen LogP contribution < -0.4 is 0 Å². The van der Waals surface area contributed by atoms with E-state index in [1.165, 1.54) is 5.56 Å². The Kier molecular flexibility index (Phi) is 3.56. The van der Waals surface area contributed by atoms with Crippen molar-refractivity contribution in [1.29, 1.82) is 0 Å². The maximum Gasteiger partial charge on any atom is 0.135 e. The molecule has 2 aromatic rings. The highest BCUT2D eigenvalue weighted by Gasteiger charge is 2.26. The van der Waals surface area contributed by atoms with Crippen LogP contribution in [0.15, 0.2) is 40.2 Å². The highest BCUT2D eigenvalue weighted by molar-refractivity contribution is 5.80. The lowest BCUT2D eigenvalue weighted by Crippen LogP contribution is -2.18. The SMILES string of the molecule is CC(C)=NC(C)(C)c1c(C)cncc1-c1ccco1. The van der Waals surface area contributed by atoms with Crippen molar-refractivity contribution in [3.05, 3.63) is 41.9 Å². The van der Waals surface area contributed by atoms with Gasteiger partial charge in [0.2, 0.25) is 0 Å². The Balaban J connectivity index is 2.66. The molecule has 0 atom stereocenters. The first-order chi connectivity index (χ1) is 8.92. The Morgan fingerprint density at radius 1 is 1.26 bits per heavy atom. The van der Waals surface area contributed by atoms with E-state index >= 15 is 0 Å².